The summed E-state index contributed by atoms with van der Waals surface area (Å²) in [5.74, 6) is 0.484. The number of nitrogens with zero attached hydrogens (tertiary/aromatic N) is 1. The summed E-state index contributed by atoms with van der Waals surface area (Å²) in [6.07, 6.45) is 0. The number of nitrogens with two attached hydrogens (primary N) is 1. The fourth-order valence-electron chi connectivity index (χ4n) is 1.38. The lowest BCUT2D eigenvalue weighted by Gasteiger charge is -2.00. The van der Waals surface area contributed by atoms with Crippen molar-refractivity contribution in [3.05, 3.63) is 34.9 Å². The van der Waals surface area contributed by atoms with Gasteiger partial charge in [-0.25, -0.2) is 0 Å². The molecule has 0 saturated heterocycles. The van der Waals surface area contributed by atoms with Crippen molar-refractivity contribution < 1.29 is 0 Å². The molecule has 72 valence electrons. The van der Waals surface area contributed by atoms with Gasteiger partial charge in [0.25, 0.3) is 0 Å². The first-order valence-electron chi connectivity index (χ1n) is 4.23. The highest BCUT2D eigenvalue weighted by molar-refractivity contribution is 6.30. The standard InChI is InChI=1S/C10H10ClN3/c1-6-2-7(4-8(11)3-6)9-5-10(12)14-13-9/h2-5H,1H3,(H3,12,13,14). The molecule has 0 aliphatic carbocycles. The van der Waals surface area contributed by atoms with Crippen LogP contribution in [0.2, 0.25) is 5.02 Å². The zero-order valence-electron chi connectivity index (χ0n) is 7.71. The first-order valence-corrected chi connectivity index (χ1v) is 4.61. The number of aryl methyl sites for hydroxylation is 1. The lowest BCUT2D eigenvalue weighted by Crippen LogP contribution is -1.81. The third kappa shape index (κ3) is 1.72. The number of rotatable bonds is 1. The first kappa shape index (κ1) is 9.09. The Morgan fingerprint density at radius 2 is 2.07 bits per heavy atom. The van der Waals surface area contributed by atoms with Crippen molar-refractivity contribution in [1.29, 1.82) is 0 Å². The predicted octanol–water partition coefficient (Wildman–Crippen LogP) is 2.62. The van der Waals surface area contributed by atoms with E-state index in [1.165, 1.54) is 0 Å². The van der Waals surface area contributed by atoms with E-state index >= 15 is 0 Å². The zero-order chi connectivity index (χ0) is 10.1. The molecule has 0 saturated carbocycles. The molecule has 0 radical (unpaired) electrons. The van der Waals surface area contributed by atoms with Gasteiger partial charge in [0.05, 0.1) is 5.69 Å². The molecule has 3 nitrogen and oxygen atoms in total. The maximum atomic E-state index is 5.94. The van der Waals surface area contributed by atoms with Crippen LogP contribution in [0.25, 0.3) is 11.3 Å². The van der Waals surface area contributed by atoms with Crippen LogP contribution in [0.4, 0.5) is 5.82 Å². The molecule has 0 aliphatic rings. The van der Waals surface area contributed by atoms with Gasteiger partial charge in [-0.15, -0.1) is 0 Å². The molecule has 0 aliphatic heterocycles. The highest BCUT2D eigenvalue weighted by Crippen LogP contribution is 2.23. The molecule has 1 aromatic heterocycles. The lowest BCUT2D eigenvalue weighted by molar-refractivity contribution is 1.10. The molecular formula is C10H10ClN3. The number of H-pyrrole nitrogens is 1. The molecule has 0 fully saturated rings. The lowest BCUT2D eigenvalue weighted by atomic mass is 10.1. The van der Waals surface area contributed by atoms with Gasteiger partial charge in [-0.05, 0) is 30.7 Å². The molecule has 4 heteroatoms. The van der Waals surface area contributed by atoms with Crippen LogP contribution in [0.3, 0.4) is 0 Å². The monoisotopic (exact) mass is 207 g/mol. The molecule has 1 heterocycles. The van der Waals surface area contributed by atoms with Crippen molar-refractivity contribution in [3.63, 3.8) is 0 Å². The van der Waals surface area contributed by atoms with Gasteiger partial charge in [0.1, 0.15) is 5.82 Å². The zero-order valence-corrected chi connectivity index (χ0v) is 8.47. The smallest absolute Gasteiger partial charge is 0.145 e. The maximum absolute atomic E-state index is 5.94. The summed E-state index contributed by atoms with van der Waals surface area (Å²) in [6.45, 7) is 2.00. The average Bonchev–Trinajstić information content (AvgIpc) is 2.50. The molecule has 0 atom stereocenters. The van der Waals surface area contributed by atoms with Gasteiger partial charge < -0.3 is 5.73 Å². The van der Waals surface area contributed by atoms with Crippen molar-refractivity contribution >= 4 is 17.4 Å². The minimum Gasteiger partial charge on any atom is -0.382 e. The minimum absolute atomic E-state index is 0.484. The number of hydrogen-bond acceptors (Lipinski definition) is 2. The molecule has 0 spiro atoms. The summed E-state index contributed by atoms with van der Waals surface area (Å²) in [5, 5.41) is 7.42. The minimum atomic E-state index is 0.484. The van der Waals surface area contributed by atoms with Crippen LogP contribution in [0.5, 0.6) is 0 Å². The Balaban J connectivity index is 2.51. The number of aromatic amines is 1. The van der Waals surface area contributed by atoms with Crippen LogP contribution in [-0.4, -0.2) is 10.2 Å². The van der Waals surface area contributed by atoms with E-state index in [-0.39, 0.29) is 0 Å². The van der Waals surface area contributed by atoms with Crippen LogP contribution in [-0.2, 0) is 0 Å². The van der Waals surface area contributed by atoms with E-state index in [1.807, 2.05) is 25.1 Å². The molecule has 0 unspecified atom stereocenters. The molecule has 3 N–H and O–H groups in total. The molecule has 0 bridgehead atoms. The summed E-state index contributed by atoms with van der Waals surface area (Å²) in [7, 11) is 0. The molecule has 1 aromatic carbocycles. The van der Waals surface area contributed by atoms with Crippen molar-refractivity contribution in [2.24, 2.45) is 0 Å². The van der Waals surface area contributed by atoms with Gasteiger partial charge >= 0.3 is 0 Å². The number of halogens is 1. The molecule has 14 heavy (non-hydrogen) atoms. The summed E-state index contributed by atoms with van der Waals surface area (Å²) >= 11 is 5.94. The number of hydrogen-bond donors (Lipinski definition) is 2. The topological polar surface area (TPSA) is 54.7 Å². The van der Waals surface area contributed by atoms with Gasteiger partial charge in [0.2, 0.25) is 0 Å². The number of anilines is 1. The fourth-order valence-corrected chi connectivity index (χ4v) is 1.67. The second kappa shape index (κ2) is 3.35. The van der Waals surface area contributed by atoms with Crippen molar-refractivity contribution in [2.75, 3.05) is 5.73 Å². The van der Waals surface area contributed by atoms with Gasteiger partial charge in [0.15, 0.2) is 0 Å². The second-order valence-corrected chi connectivity index (χ2v) is 3.66. The van der Waals surface area contributed by atoms with Crippen molar-refractivity contribution in [2.45, 2.75) is 6.92 Å². The van der Waals surface area contributed by atoms with Gasteiger partial charge in [-0.1, -0.05) is 11.6 Å². The third-order valence-corrected chi connectivity index (χ3v) is 2.17. The summed E-state index contributed by atoms with van der Waals surface area (Å²) in [5.41, 5.74) is 8.51. The highest BCUT2D eigenvalue weighted by Gasteiger charge is 2.02. The Labute approximate surface area is 86.9 Å². The van der Waals surface area contributed by atoms with E-state index < -0.39 is 0 Å². The van der Waals surface area contributed by atoms with Gasteiger partial charge in [-0.3, -0.25) is 5.10 Å². The number of benzene rings is 1. The van der Waals surface area contributed by atoms with Gasteiger partial charge in [-0.2, -0.15) is 5.10 Å². The molecular weight excluding hydrogens is 198 g/mol. The van der Waals surface area contributed by atoms with E-state index in [1.54, 1.807) is 6.07 Å². The maximum Gasteiger partial charge on any atom is 0.145 e. The summed E-state index contributed by atoms with van der Waals surface area (Å²) in [4.78, 5) is 0. The Hall–Kier alpha value is -1.48. The molecule has 2 rings (SSSR count). The van der Waals surface area contributed by atoms with Crippen LogP contribution >= 0.6 is 11.6 Å². The van der Waals surface area contributed by atoms with E-state index in [2.05, 4.69) is 10.2 Å². The Morgan fingerprint density at radius 3 is 2.64 bits per heavy atom. The van der Waals surface area contributed by atoms with Crippen LogP contribution in [0.15, 0.2) is 24.3 Å². The number of nitrogen functional groups attached to an aromatic ring is 1. The SMILES string of the molecule is Cc1cc(Cl)cc(-c2cc(N)n[nH]2)c1. The predicted molar refractivity (Wildman–Crippen MR) is 58.2 cm³/mol. The first-order chi connectivity index (χ1) is 6.65. The average molecular weight is 208 g/mol. The Morgan fingerprint density at radius 1 is 1.29 bits per heavy atom. The molecule has 0 amide bonds. The summed E-state index contributed by atoms with van der Waals surface area (Å²) in [6, 6.07) is 7.59. The van der Waals surface area contributed by atoms with Crippen LogP contribution < -0.4 is 5.73 Å². The van der Waals surface area contributed by atoms with E-state index in [0.29, 0.717) is 10.8 Å². The Kier molecular flexibility index (Phi) is 2.17. The summed E-state index contributed by atoms with van der Waals surface area (Å²) < 4.78 is 0. The quantitative estimate of drug-likeness (QED) is 0.755. The van der Waals surface area contributed by atoms with Crippen LogP contribution in [0.1, 0.15) is 5.56 Å². The van der Waals surface area contributed by atoms with Crippen LogP contribution in [0, 0.1) is 6.92 Å². The largest absolute Gasteiger partial charge is 0.382 e. The van der Waals surface area contributed by atoms with Crippen molar-refractivity contribution in [1.82, 2.24) is 10.2 Å². The Bertz CT molecular complexity index is 442. The normalized spacial score (nSPS) is 10.4. The third-order valence-electron chi connectivity index (χ3n) is 1.95. The van der Waals surface area contributed by atoms with Crippen molar-refractivity contribution in [3.8, 4) is 11.3 Å². The van der Waals surface area contributed by atoms with E-state index in [0.717, 1.165) is 16.8 Å². The molecule has 2 aromatic rings. The number of nitrogens with one attached hydrogen (secondary N) is 1. The second-order valence-electron chi connectivity index (χ2n) is 3.22. The fraction of sp³-hybridized carbons (Fsp3) is 0.100. The van der Waals surface area contributed by atoms with E-state index in [4.69, 9.17) is 17.3 Å². The van der Waals surface area contributed by atoms with E-state index in [9.17, 15) is 0 Å². The van der Waals surface area contributed by atoms with Gasteiger partial charge in [0, 0.05) is 16.7 Å². The number of aromatic nitrogens is 2. The highest BCUT2D eigenvalue weighted by atomic mass is 35.5.